The molecule has 0 radical (unpaired) electrons. The summed E-state index contributed by atoms with van der Waals surface area (Å²) in [6.07, 6.45) is 11.7. The minimum absolute atomic E-state index is 0.688. The number of hydrogen-bond donors (Lipinski definition) is 1. The van der Waals surface area contributed by atoms with Crippen LogP contribution >= 0.6 is 0 Å². The van der Waals surface area contributed by atoms with E-state index in [4.69, 9.17) is 0 Å². The number of hydrogen-bond acceptors (Lipinski definition) is 3. The summed E-state index contributed by atoms with van der Waals surface area (Å²) in [6.45, 7) is 5.47. The minimum Gasteiger partial charge on any atom is -0.371 e. The highest BCUT2D eigenvalue weighted by molar-refractivity contribution is 5.44. The Labute approximate surface area is 110 Å². The van der Waals surface area contributed by atoms with E-state index < -0.39 is 0 Å². The van der Waals surface area contributed by atoms with Gasteiger partial charge in [0, 0.05) is 37.2 Å². The first kappa shape index (κ1) is 13.1. The second-order valence-corrected chi connectivity index (χ2v) is 4.78. The van der Waals surface area contributed by atoms with Crippen LogP contribution in [0.1, 0.15) is 26.2 Å². The summed E-state index contributed by atoms with van der Waals surface area (Å²) in [7, 11) is 0. The fraction of sp³-hybridized carbons (Fsp3) is 0.533. The zero-order chi connectivity index (χ0) is 12.6. The molecule has 98 valence electrons. The predicted octanol–water partition coefficient (Wildman–Crippen LogP) is 2.61. The Balaban J connectivity index is 1.71. The van der Waals surface area contributed by atoms with Gasteiger partial charge in [-0.1, -0.05) is 12.2 Å². The van der Waals surface area contributed by atoms with Crippen molar-refractivity contribution >= 4 is 5.69 Å². The molecule has 0 aliphatic carbocycles. The molecule has 1 aliphatic rings. The Morgan fingerprint density at radius 2 is 2.06 bits per heavy atom. The van der Waals surface area contributed by atoms with Crippen LogP contribution in [0.5, 0.6) is 0 Å². The van der Waals surface area contributed by atoms with E-state index in [0.717, 1.165) is 26.1 Å². The summed E-state index contributed by atoms with van der Waals surface area (Å²) in [5.74, 6) is 0. The van der Waals surface area contributed by atoms with Crippen LogP contribution in [0.15, 0.2) is 36.7 Å². The van der Waals surface area contributed by atoms with Crippen molar-refractivity contribution in [2.75, 3.05) is 24.5 Å². The molecular formula is C15H23N3. The Kier molecular flexibility index (Phi) is 5.21. The monoisotopic (exact) mass is 245 g/mol. The smallest absolute Gasteiger partial charge is 0.0397 e. The molecule has 0 aromatic carbocycles. The van der Waals surface area contributed by atoms with Crippen LogP contribution in [0.25, 0.3) is 0 Å². The van der Waals surface area contributed by atoms with Crippen molar-refractivity contribution in [2.24, 2.45) is 0 Å². The van der Waals surface area contributed by atoms with Gasteiger partial charge < -0.3 is 10.2 Å². The topological polar surface area (TPSA) is 28.2 Å². The molecule has 2 heterocycles. The number of anilines is 1. The molecule has 1 N–H and O–H groups in total. The number of piperidine rings is 1. The second kappa shape index (κ2) is 7.17. The van der Waals surface area contributed by atoms with Crippen molar-refractivity contribution in [3.63, 3.8) is 0 Å². The molecule has 0 unspecified atom stereocenters. The van der Waals surface area contributed by atoms with E-state index in [9.17, 15) is 0 Å². The average molecular weight is 245 g/mol. The van der Waals surface area contributed by atoms with Gasteiger partial charge in [-0.2, -0.15) is 0 Å². The van der Waals surface area contributed by atoms with Crippen LogP contribution < -0.4 is 10.2 Å². The lowest BCUT2D eigenvalue weighted by Gasteiger charge is -2.34. The summed E-state index contributed by atoms with van der Waals surface area (Å²) < 4.78 is 0. The molecule has 1 aliphatic heterocycles. The van der Waals surface area contributed by atoms with Gasteiger partial charge in [0.25, 0.3) is 0 Å². The van der Waals surface area contributed by atoms with Gasteiger partial charge in [-0.25, -0.2) is 0 Å². The molecule has 2 rings (SSSR count). The summed E-state index contributed by atoms with van der Waals surface area (Å²) in [5.41, 5.74) is 1.30. The number of nitrogens with one attached hydrogen (secondary N) is 1. The molecule has 1 aromatic heterocycles. The van der Waals surface area contributed by atoms with Gasteiger partial charge in [-0.05, 0) is 44.9 Å². The van der Waals surface area contributed by atoms with Gasteiger partial charge in [-0.15, -0.1) is 0 Å². The van der Waals surface area contributed by atoms with E-state index >= 15 is 0 Å². The zero-order valence-corrected chi connectivity index (χ0v) is 11.2. The van der Waals surface area contributed by atoms with Gasteiger partial charge in [0.15, 0.2) is 0 Å². The van der Waals surface area contributed by atoms with Crippen LogP contribution in [0.3, 0.4) is 0 Å². The highest BCUT2D eigenvalue weighted by Crippen LogP contribution is 2.18. The Hall–Kier alpha value is -1.35. The van der Waals surface area contributed by atoms with Crippen molar-refractivity contribution < 1.29 is 0 Å². The summed E-state index contributed by atoms with van der Waals surface area (Å²) >= 11 is 0. The van der Waals surface area contributed by atoms with Crippen molar-refractivity contribution in [2.45, 2.75) is 32.2 Å². The second-order valence-electron chi connectivity index (χ2n) is 4.78. The van der Waals surface area contributed by atoms with Gasteiger partial charge in [-0.3, -0.25) is 4.98 Å². The molecule has 0 saturated carbocycles. The molecule has 3 nitrogen and oxygen atoms in total. The SMILES string of the molecule is C/C=C/CCNC1CCN(c2ccncc2)CC1. The molecule has 1 saturated heterocycles. The third kappa shape index (κ3) is 3.84. The van der Waals surface area contributed by atoms with Crippen LogP contribution in [-0.2, 0) is 0 Å². The lowest BCUT2D eigenvalue weighted by Crippen LogP contribution is -2.42. The van der Waals surface area contributed by atoms with Crippen LogP contribution in [0.2, 0.25) is 0 Å². The van der Waals surface area contributed by atoms with E-state index in [2.05, 4.69) is 46.4 Å². The third-order valence-corrected chi connectivity index (χ3v) is 3.50. The lowest BCUT2D eigenvalue weighted by molar-refractivity contribution is 0.419. The molecule has 3 heteroatoms. The number of rotatable bonds is 5. The molecule has 1 fully saturated rings. The maximum absolute atomic E-state index is 4.07. The zero-order valence-electron chi connectivity index (χ0n) is 11.2. The summed E-state index contributed by atoms with van der Waals surface area (Å²) in [4.78, 5) is 6.52. The van der Waals surface area contributed by atoms with Gasteiger partial charge in [0.05, 0.1) is 0 Å². The molecule has 0 bridgehead atoms. The van der Waals surface area contributed by atoms with Crippen LogP contribution in [0, 0.1) is 0 Å². The number of aromatic nitrogens is 1. The molecule has 0 spiro atoms. The number of pyridine rings is 1. The first-order valence-electron chi connectivity index (χ1n) is 6.89. The first-order valence-corrected chi connectivity index (χ1v) is 6.89. The normalized spacial score (nSPS) is 17.5. The fourth-order valence-electron chi connectivity index (χ4n) is 2.43. The largest absolute Gasteiger partial charge is 0.371 e. The highest BCUT2D eigenvalue weighted by atomic mass is 15.1. The number of allylic oxidation sites excluding steroid dienone is 1. The van der Waals surface area contributed by atoms with Gasteiger partial charge in [0.1, 0.15) is 0 Å². The number of nitrogens with zero attached hydrogens (tertiary/aromatic N) is 2. The Bertz CT molecular complexity index is 353. The molecule has 0 atom stereocenters. The average Bonchev–Trinajstić information content (AvgIpc) is 2.45. The summed E-state index contributed by atoms with van der Waals surface area (Å²) in [5, 5.41) is 3.64. The van der Waals surface area contributed by atoms with Crippen molar-refractivity contribution in [3.05, 3.63) is 36.7 Å². The minimum atomic E-state index is 0.688. The van der Waals surface area contributed by atoms with Gasteiger partial charge >= 0.3 is 0 Å². The fourth-order valence-corrected chi connectivity index (χ4v) is 2.43. The van der Waals surface area contributed by atoms with E-state index in [0.29, 0.717) is 6.04 Å². The Morgan fingerprint density at radius 1 is 1.33 bits per heavy atom. The molecule has 0 amide bonds. The summed E-state index contributed by atoms with van der Waals surface area (Å²) in [6, 6.07) is 4.88. The standard InChI is InChI=1S/C15H23N3/c1-2-3-4-9-17-14-7-12-18(13-8-14)15-5-10-16-11-6-15/h2-3,5-6,10-11,14,17H,4,7-9,12-13H2,1H3/b3-2+. The van der Waals surface area contributed by atoms with E-state index in [1.165, 1.54) is 18.5 Å². The van der Waals surface area contributed by atoms with Crippen molar-refractivity contribution in [3.8, 4) is 0 Å². The van der Waals surface area contributed by atoms with Crippen LogP contribution in [-0.4, -0.2) is 30.7 Å². The maximum atomic E-state index is 4.07. The maximum Gasteiger partial charge on any atom is 0.0397 e. The van der Waals surface area contributed by atoms with Crippen molar-refractivity contribution in [1.29, 1.82) is 0 Å². The van der Waals surface area contributed by atoms with Gasteiger partial charge in [0.2, 0.25) is 0 Å². The third-order valence-electron chi connectivity index (χ3n) is 3.50. The molecular weight excluding hydrogens is 222 g/mol. The molecule has 18 heavy (non-hydrogen) atoms. The van der Waals surface area contributed by atoms with E-state index in [-0.39, 0.29) is 0 Å². The lowest BCUT2D eigenvalue weighted by atomic mass is 10.0. The van der Waals surface area contributed by atoms with E-state index in [1.54, 1.807) is 0 Å². The Morgan fingerprint density at radius 3 is 2.72 bits per heavy atom. The quantitative estimate of drug-likeness (QED) is 0.638. The molecule has 1 aromatic rings. The first-order chi connectivity index (χ1) is 8.90. The van der Waals surface area contributed by atoms with E-state index in [1.807, 2.05) is 12.4 Å². The highest BCUT2D eigenvalue weighted by Gasteiger charge is 2.18. The van der Waals surface area contributed by atoms with Crippen LogP contribution in [0.4, 0.5) is 5.69 Å². The van der Waals surface area contributed by atoms with Crippen molar-refractivity contribution in [1.82, 2.24) is 10.3 Å². The predicted molar refractivity (Wildman–Crippen MR) is 76.9 cm³/mol.